The SMILES string of the molecule is CC(=O)N(c1ccc(C)cc1)[C@@H](CCS(=O)(=O)O)C(=O)O. The lowest BCUT2D eigenvalue weighted by molar-refractivity contribution is -0.140. The van der Waals surface area contributed by atoms with Gasteiger partial charge in [-0.25, -0.2) is 4.79 Å². The summed E-state index contributed by atoms with van der Waals surface area (Å²) in [7, 11) is -4.30. The van der Waals surface area contributed by atoms with Crippen LogP contribution in [0.3, 0.4) is 0 Å². The van der Waals surface area contributed by atoms with Crippen molar-refractivity contribution in [3.05, 3.63) is 29.8 Å². The number of benzene rings is 1. The lowest BCUT2D eigenvalue weighted by Crippen LogP contribution is -2.45. The molecule has 0 aliphatic carbocycles. The second kappa shape index (κ2) is 6.68. The number of carboxylic acid groups (broad SMARTS) is 1. The Balaban J connectivity index is 3.12. The van der Waals surface area contributed by atoms with Crippen molar-refractivity contribution >= 4 is 27.7 Å². The molecule has 1 atom stereocenters. The Bertz CT molecular complexity index is 623. The van der Waals surface area contributed by atoms with Gasteiger partial charge in [0.05, 0.1) is 5.75 Å². The number of carbonyl (C=O) groups excluding carboxylic acids is 1. The molecule has 0 aromatic heterocycles. The van der Waals surface area contributed by atoms with E-state index >= 15 is 0 Å². The molecule has 0 aliphatic rings. The summed E-state index contributed by atoms with van der Waals surface area (Å²) in [6.07, 6.45) is -0.401. The van der Waals surface area contributed by atoms with Crippen LogP contribution in [0.2, 0.25) is 0 Å². The van der Waals surface area contributed by atoms with E-state index in [0.29, 0.717) is 5.69 Å². The fourth-order valence-corrected chi connectivity index (χ4v) is 2.43. The van der Waals surface area contributed by atoms with E-state index in [0.717, 1.165) is 10.5 Å². The molecule has 0 saturated heterocycles. The highest BCUT2D eigenvalue weighted by Gasteiger charge is 2.30. The molecular weight excluding hydrogens is 298 g/mol. The van der Waals surface area contributed by atoms with Crippen LogP contribution in [-0.2, 0) is 19.7 Å². The first-order valence-electron chi connectivity index (χ1n) is 6.16. The zero-order chi connectivity index (χ0) is 16.2. The summed E-state index contributed by atoms with van der Waals surface area (Å²) in [6.45, 7) is 3.04. The molecule has 0 saturated carbocycles. The largest absolute Gasteiger partial charge is 0.480 e. The van der Waals surface area contributed by atoms with Crippen molar-refractivity contribution in [1.29, 1.82) is 0 Å². The number of aliphatic carboxylic acids is 1. The smallest absolute Gasteiger partial charge is 0.326 e. The molecule has 0 unspecified atom stereocenters. The fraction of sp³-hybridized carbons (Fsp3) is 0.385. The third-order valence-electron chi connectivity index (χ3n) is 2.90. The summed E-state index contributed by atoms with van der Waals surface area (Å²) in [5.74, 6) is -2.60. The van der Waals surface area contributed by atoms with Gasteiger partial charge in [0.25, 0.3) is 10.1 Å². The standard InChI is InChI=1S/C13H17NO6S/c1-9-3-5-11(6-4-9)14(10(2)15)12(13(16)17)7-8-21(18,19)20/h3-6,12H,7-8H2,1-2H3,(H,16,17)(H,18,19,20)/t12-/m0/s1. The first kappa shape index (κ1) is 17.1. The number of aryl methyl sites for hydroxylation is 1. The molecule has 1 aromatic carbocycles. The second-order valence-corrected chi connectivity index (χ2v) is 6.23. The van der Waals surface area contributed by atoms with E-state index in [2.05, 4.69) is 0 Å². The van der Waals surface area contributed by atoms with Crippen LogP contribution in [0.5, 0.6) is 0 Å². The van der Waals surface area contributed by atoms with Crippen LogP contribution in [-0.4, -0.2) is 41.7 Å². The lowest BCUT2D eigenvalue weighted by atomic mass is 10.1. The third-order valence-corrected chi connectivity index (χ3v) is 3.65. The minimum atomic E-state index is -4.30. The number of hydrogen-bond donors (Lipinski definition) is 2. The summed E-state index contributed by atoms with van der Waals surface area (Å²) < 4.78 is 30.3. The maximum atomic E-state index is 11.8. The van der Waals surface area contributed by atoms with Crippen molar-refractivity contribution < 1.29 is 27.7 Å². The van der Waals surface area contributed by atoms with Crippen molar-refractivity contribution in [1.82, 2.24) is 0 Å². The van der Waals surface area contributed by atoms with E-state index in [4.69, 9.17) is 4.55 Å². The molecule has 0 radical (unpaired) electrons. The van der Waals surface area contributed by atoms with Crippen LogP contribution in [0.15, 0.2) is 24.3 Å². The molecule has 1 rings (SSSR count). The average molecular weight is 315 g/mol. The predicted molar refractivity (Wildman–Crippen MR) is 76.8 cm³/mol. The highest BCUT2D eigenvalue weighted by atomic mass is 32.2. The third kappa shape index (κ3) is 5.16. The average Bonchev–Trinajstić information content (AvgIpc) is 2.34. The molecule has 21 heavy (non-hydrogen) atoms. The molecule has 1 amide bonds. The van der Waals surface area contributed by atoms with Crippen molar-refractivity contribution in [2.24, 2.45) is 0 Å². The zero-order valence-electron chi connectivity index (χ0n) is 11.7. The Morgan fingerprint density at radius 2 is 1.76 bits per heavy atom. The summed E-state index contributed by atoms with van der Waals surface area (Å²) >= 11 is 0. The molecule has 8 heteroatoms. The summed E-state index contributed by atoms with van der Waals surface area (Å²) in [5, 5.41) is 9.23. The fourth-order valence-electron chi connectivity index (χ4n) is 1.91. The number of carboxylic acids is 1. The summed E-state index contributed by atoms with van der Waals surface area (Å²) in [4.78, 5) is 24.1. The Morgan fingerprint density at radius 3 is 2.14 bits per heavy atom. The topological polar surface area (TPSA) is 112 Å². The zero-order valence-corrected chi connectivity index (χ0v) is 12.5. The van der Waals surface area contributed by atoms with E-state index in [1.54, 1.807) is 24.3 Å². The number of rotatable bonds is 6. The molecule has 0 bridgehead atoms. The first-order chi connectivity index (χ1) is 9.61. The highest BCUT2D eigenvalue weighted by molar-refractivity contribution is 7.85. The van der Waals surface area contributed by atoms with Crippen LogP contribution < -0.4 is 4.90 Å². The Morgan fingerprint density at radius 1 is 1.24 bits per heavy atom. The van der Waals surface area contributed by atoms with Crippen LogP contribution in [0.1, 0.15) is 18.9 Å². The number of hydrogen-bond acceptors (Lipinski definition) is 4. The normalized spacial score (nSPS) is 12.7. The number of carbonyl (C=O) groups is 2. The molecular formula is C13H17NO6S. The maximum absolute atomic E-state index is 11.8. The van der Waals surface area contributed by atoms with E-state index in [-0.39, 0.29) is 0 Å². The van der Waals surface area contributed by atoms with Crippen LogP contribution >= 0.6 is 0 Å². The van der Waals surface area contributed by atoms with Gasteiger partial charge in [0.1, 0.15) is 6.04 Å². The van der Waals surface area contributed by atoms with Gasteiger partial charge in [0.15, 0.2) is 0 Å². The predicted octanol–water partition coefficient (Wildman–Crippen LogP) is 1.08. The van der Waals surface area contributed by atoms with E-state index in [1.807, 2.05) is 6.92 Å². The Hall–Kier alpha value is -1.93. The molecule has 0 aliphatic heterocycles. The van der Waals surface area contributed by atoms with E-state index in [1.165, 1.54) is 6.92 Å². The van der Waals surface area contributed by atoms with Crippen molar-refractivity contribution in [2.75, 3.05) is 10.7 Å². The summed E-state index contributed by atoms with van der Waals surface area (Å²) in [5.41, 5.74) is 1.29. The molecule has 0 heterocycles. The van der Waals surface area contributed by atoms with Gasteiger partial charge in [0, 0.05) is 12.6 Å². The molecule has 1 aromatic rings. The first-order valence-corrected chi connectivity index (χ1v) is 7.77. The van der Waals surface area contributed by atoms with Gasteiger partial charge in [-0.1, -0.05) is 17.7 Å². The van der Waals surface area contributed by atoms with Gasteiger partial charge in [-0.15, -0.1) is 0 Å². The number of amides is 1. The molecule has 0 spiro atoms. The molecule has 116 valence electrons. The quantitative estimate of drug-likeness (QED) is 0.760. The molecule has 7 nitrogen and oxygen atoms in total. The van der Waals surface area contributed by atoms with Gasteiger partial charge in [-0.2, -0.15) is 8.42 Å². The van der Waals surface area contributed by atoms with Gasteiger partial charge in [0.2, 0.25) is 5.91 Å². The lowest BCUT2D eigenvalue weighted by Gasteiger charge is -2.28. The van der Waals surface area contributed by atoms with Gasteiger partial charge < -0.3 is 5.11 Å². The van der Waals surface area contributed by atoms with Gasteiger partial charge in [-0.05, 0) is 25.5 Å². The van der Waals surface area contributed by atoms with Crippen molar-refractivity contribution in [3.63, 3.8) is 0 Å². The highest BCUT2D eigenvalue weighted by Crippen LogP contribution is 2.20. The van der Waals surface area contributed by atoms with Crippen LogP contribution in [0, 0.1) is 6.92 Å². The maximum Gasteiger partial charge on any atom is 0.326 e. The van der Waals surface area contributed by atoms with E-state index < -0.39 is 40.2 Å². The van der Waals surface area contributed by atoms with Crippen LogP contribution in [0.25, 0.3) is 0 Å². The van der Waals surface area contributed by atoms with Crippen molar-refractivity contribution in [2.45, 2.75) is 26.3 Å². The van der Waals surface area contributed by atoms with E-state index in [9.17, 15) is 23.1 Å². The number of nitrogens with zero attached hydrogens (tertiary/aromatic N) is 1. The van der Waals surface area contributed by atoms with Gasteiger partial charge in [-0.3, -0.25) is 14.2 Å². The van der Waals surface area contributed by atoms with Crippen LogP contribution in [0.4, 0.5) is 5.69 Å². The molecule has 0 fully saturated rings. The monoisotopic (exact) mass is 315 g/mol. The Labute approximate surface area is 122 Å². The minimum absolute atomic E-state index is 0.357. The second-order valence-electron chi connectivity index (χ2n) is 4.65. The minimum Gasteiger partial charge on any atom is -0.480 e. The number of anilines is 1. The van der Waals surface area contributed by atoms with Crippen molar-refractivity contribution in [3.8, 4) is 0 Å². The molecule has 2 N–H and O–H groups in total. The van der Waals surface area contributed by atoms with Gasteiger partial charge >= 0.3 is 5.97 Å². The Kier molecular flexibility index (Phi) is 5.45. The summed E-state index contributed by atoms with van der Waals surface area (Å²) in [6, 6.07) is 5.23.